The number of methoxy groups -OCH3 is 1. The summed E-state index contributed by atoms with van der Waals surface area (Å²) in [6, 6.07) is 16.2. The second kappa shape index (κ2) is 11.5. The Kier molecular flexibility index (Phi) is 7.49. The Hall–Kier alpha value is -4.90. The Labute approximate surface area is 244 Å². The number of carbonyl (C=O) groups is 1. The van der Waals surface area contributed by atoms with Crippen LogP contribution in [-0.2, 0) is 13.0 Å². The molecule has 0 spiro atoms. The number of para-hydroxylation sites is 1. The highest BCUT2D eigenvalue weighted by atomic mass is 32.2. The third kappa shape index (κ3) is 5.26. The monoisotopic (exact) mass is 583 g/mol. The van der Waals surface area contributed by atoms with Gasteiger partial charge in [0, 0.05) is 65.9 Å². The number of ether oxygens (including phenoxy) is 2. The molecule has 1 aliphatic rings. The predicted octanol–water partition coefficient (Wildman–Crippen LogP) is 6.03. The maximum absolute atomic E-state index is 15.2. The van der Waals surface area contributed by atoms with Crippen LogP contribution in [0.2, 0.25) is 0 Å². The van der Waals surface area contributed by atoms with Crippen LogP contribution in [-0.4, -0.2) is 32.3 Å². The van der Waals surface area contributed by atoms with E-state index in [0.29, 0.717) is 11.4 Å². The molecule has 42 heavy (non-hydrogen) atoms. The van der Waals surface area contributed by atoms with Crippen LogP contribution in [0.1, 0.15) is 33.8 Å². The molecule has 0 aliphatic carbocycles. The van der Waals surface area contributed by atoms with Gasteiger partial charge in [-0.3, -0.25) is 23.8 Å². The lowest BCUT2D eigenvalue weighted by molar-refractivity contribution is 0.102. The fraction of sp³-hybridized carbons (Fsp3) is 0.161. The van der Waals surface area contributed by atoms with Gasteiger partial charge in [-0.2, -0.15) is 5.10 Å². The lowest BCUT2D eigenvalue weighted by Crippen LogP contribution is -2.28. The molecule has 0 fully saturated rings. The van der Waals surface area contributed by atoms with E-state index in [1.807, 2.05) is 30.1 Å². The highest BCUT2D eigenvalue weighted by Crippen LogP contribution is 2.50. The Morgan fingerprint density at radius 2 is 1.95 bits per heavy atom. The van der Waals surface area contributed by atoms with Crippen LogP contribution >= 0.6 is 11.8 Å². The van der Waals surface area contributed by atoms with Crippen LogP contribution < -0.4 is 20.3 Å². The van der Waals surface area contributed by atoms with Crippen LogP contribution in [0.25, 0.3) is 5.69 Å². The molecular formula is C31H26FN5O4S. The first-order valence-electron chi connectivity index (χ1n) is 13.3. The van der Waals surface area contributed by atoms with Crippen molar-refractivity contribution < 1.29 is 18.7 Å². The number of nitrogens with zero attached hydrogens (tertiary/aromatic N) is 4. The number of benzene rings is 2. The number of halogens is 1. The maximum Gasteiger partial charge on any atom is 0.271 e. The number of rotatable bonds is 8. The molecular weight excluding hydrogens is 557 g/mol. The summed E-state index contributed by atoms with van der Waals surface area (Å²) in [6.45, 7) is 2.82. The number of aryl methyl sites for hydroxylation is 1. The molecule has 212 valence electrons. The molecule has 1 aliphatic heterocycles. The molecule has 11 heteroatoms. The molecule has 2 aromatic carbocycles. The topological polar surface area (TPSA) is 100 Å². The molecule has 4 heterocycles. The van der Waals surface area contributed by atoms with Crippen molar-refractivity contribution in [1.29, 1.82) is 0 Å². The number of fused-ring (bicyclic) bond motifs is 1. The number of hydrogen-bond acceptors (Lipinski definition) is 7. The van der Waals surface area contributed by atoms with Gasteiger partial charge in [-0.1, -0.05) is 18.2 Å². The Morgan fingerprint density at radius 3 is 2.69 bits per heavy atom. The van der Waals surface area contributed by atoms with Crippen molar-refractivity contribution in [3.8, 4) is 22.9 Å². The number of carbonyl (C=O) groups excluding carboxylic acids is 1. The molecule has 1 N–H and O–H groups in total. The van der Waals surface area contributed by atoms with Crippen molar-refractivity contribution in [2.45, 2.75) is 30.0 Å². The smallest absolute Gasteiger partial charge is 0.271 e. The van der Waals surface area contributed by atoms with Gasteiger partial charge in [-0.15, -0.1) is 11.8 Å². The zero-order valence-corrected chi connectivity index (χ0v) is 23.6. The molecule has 1 amide bonds. The number of pyridine rings is 2. The minimum atomic E-state index is -0.726. The minimum Gasteiger partial charge on any atom is -0.496 e. The van der Waals surface area contributed by atoms with E-state index in [-0.39, 0.29) is 28.0 Å². The molecule has 1 atom stereocenters. The number of aromatic nitrogens is 4. The van der Waals surface area contributed by atoms with Gasteiger partial charge >= 0.3 is 0 Å². The van der Waals surface area contributed by atoms with Gasteiger partial charge in [0.25, 0.3) is 11.5 Å². The lowest BCUT2D eigenvalue weighted by Gasteiger charge is -2.14. The summed E-state index contributed by atoms with van der Waals surface area (Å²) < 4.78 is 29.7. The zero-order valence-electron chi connectivity index (χ0n) is 22.8. The summed E-state index contributed by atoms with van der Waals surface area (Å²) in [5.41, 5.74) is 1.96. The van der Waals surface area contributed by atoms with Gasteiger partial charge in [-0.05, 0) is 37.3 Å². The van der Waals surface area contributed by atoms with Crippen molar-refractivity contribution in [3.05, 3.63) is 118 Å². The SMILES string of the molecule is CCn1cc(C2Cc3nccc(Oc4ccc(NC(=O)c5c(OC)ccn(-c6ccccc6)c5=O)cc4F)c3S2)cn1. The number of nitrogens with one attached hydrogen (secondary N) is 1. The molecule has 5 aromatic rings. The first-order chi connectivity index (χ1) is 20.4. The zero-order chi connectivity index (χ0) is 29.2. The first-order valence-corrected chi connectivity index (χ1v) is 14.1. The van der Waals surface area contributed by atoms with Crippen LogP contribution in [0.15, 0.2) is 95.1 Å². The molecule has 9 nitrogen and oxygen atoms in total. The van der Waals surface area contributed by atoms with Crippen molar-refractivity contribution in [2.75, 3.05) is 12.4 Å². The van der Waals surface area contributed by atoms with E-state index in [9.17, 15) is 9.59 Å². The number of thioether (sulfide) groups is 1. The van der Waals surface area contributed by atoms with Crippen molar-refractivity contribution in [2.24, 2.45) is 0 Å². The van der Waals surface area contributed by atoms with Crippen molar-refractivity contribution >= 4 is 23.4 Å². The van der Waals surface area contributed by atoms with Crippen LogP contribution in [0.5, 0.6) is 17.2 Å². The third-order valence-electron chi connectivity index (χ3n) is 6.88. The summed E-state index contributed by atoms with van der Waals surface area (Å²) in [5, 5.41) is 7.12. The van der Waals surface area contributed by atoms with Gasteiger partial charge in [0.2, 0.25) is 0 Å². The minimum absolute atomic E-state index is 0.00650. The molecule has 0 radical (unpaired) electrons. The standard InChI is InChI=1S/C31H26FN5O4S/c1-3-36-18-19(17-34-36)27-16-23-29(42-27)26(11-13-33-23)41-24-10-9-20(15-22(24)32)35-30(38)28-25(40-2)12-14-37(31(28)39)21-7-5-4-6-8-21/h4-15,17-18,27H,3,16H2,1-2H3,(H,35,38). The van der Waals surface area contributed by atoms with Crippen LogP contribution in [0, 0.1) is 5.82 Å². The highest BCUT2D eigenvalue weighted by Gasteiger charge is 2.29. The van der Waals surface area contributed by atoms with Gasteiger partial charge in [0.15, 0.2) is 11.6 Å². The van der Waals surface area contributed by atoms with Gasteiger partial charge in [-0.25, -0.2) is 4.39 Å². The third-order valence-corrected chi connectivity index (χ3v) is 8.27. The quantitative estimate of drug-likeness (QED) is 0.238. The van der Waals surface area contributed by atoms with E-state index in [2.05, 4.69) is 15.4 Å². The summed E-state index contributed by atoms with van der Waals surface area (Å²) in [6.07, 6.45) is 7.79. The van der Waals surface area contributed by atoms with Crippen molar-refractivity contribution in [1.82, 2.24) is 19.3 Å². The fourth-order valence-electron chi connectivity index (χ4n) is 4.75. The van der Waals surface area contributed by atoms with E-state index in [4.69, 9.17) is 9.47 Å². The number of amides is 1. The predicted molar refractivity (Wildman–Crippen MR) is 157 cm³/mol. The average molecular weight is 584 g/mol. The first kappa shape index (κ1) is 27.3. The maximum atomic E-state index is 15.2. The molecule has 3 aromatic heterocycles. The van der Waals surface area contributed by atoms with Gasteiger partial charge < -0.3 is 14.8 Å². The molecule has 6 rings (SSSR count). The van der Waals surface area contributed by atoms with E-state index in [0.717, 1.165) is 35.2 Å². The molecule has 0 saturated heterocycles. The average Bonchev–Trinajstić information content (AvgIpc) is 3.66. The summed E-state index contributed by atoms with van der Waals surface area (Å²) in [7, 11) is 1.37. The molecule has 0 bridgehead atoms. The van der Waals surface area contributed by atoms with Gasteiger partial charge in [0.1, 0.15) is 17.1 Å². The van der Waals surface area contributed by atoms with Crippen molar-refractivity contribution in [3.63, 3.8) is 0 Å². The largest absolute Gasteiger partial charge is 0.496 e. The summed E-state index contributed by atoms with van der Waals surface area (Å²) in [5.74, 6) is -0.802. The Morgan fingerprint density at radius 1 is 1.12 bits per heavy atom. The second-order valence-electron chi connectivity index (χ2n) is 9.50. The Balaban J connectivity index is 1.21. The van der Waals surface area contributed by atoms with Crippen LogP contribution in [0.4, 0.5) is 10.1 Å². The summed E-state index contributed by atoms with van der Waals surface area (Å²) >= 11 is 1.61. The molecule has 1 unspecified atom stereocenters. The van der Waals surface area contributed by atoms with E-state index < -0.39 is 17.3 Å². The fourth-order valence-corrected chi connectivity index (χ4v) is 6.03. The lowest BCUT2D eigenvalue weighted by atomic mass is 10.1. The molecule has 0 saturated carbocycles. The Bertz CT molecular complexity index is 1840. The summed E-state index contributed by atoms with van der Waals surface area (Å²) in [4.78, 5) is 31.8. The van der Waals surface area contributed by atoms with E-state index in [1.54, 1.807) is 48.3 Å². The second-order valence-corrected chi connectivity index (χ2v) is 10.7. The van der Waals surface area contributed by atoms with E-state index >= 15 is 4.39 Å². The normalized spacial score (nSPS) is 13.9. The highest BCUT2D eigenvalue weighted by molar-refractivity contribution is 8.00. The van der Waals surface area contributed by atoms with Crippen LogP contribution in [0.3, 0.4) is 0 Å². The van der Waals surface area contributed by atoms with Gasteiger partial charge in [0.05, 0.1) is 23.9 Å². The number of hydrogen-bond donors (Lipinski definition) is 1. The number of anilines is 1. The van der Waals surface area contributed by atoms with E-state index in [1.165, 1.54) is 36.1 Å².